The van der Waals surface area contributed by atoms with Crippen LogP contribution in [0, 0.1) is 6.92 Å². The van der Waals surface area contributed by atoms with E-state index in [0.717, 1.165) is 24.1 Å². The van der Waals surface area contributed by atoms with E-state index in [1.165, 1.54) is 0 Å². The van der Waals surface area contributed by atoms with E-state index in [2.05, 4.69) is 10.6 Å². The van der Waals surface area contributed by atoms with Gasteiger partial charge in [0.2, 0.25) is 5.91 Å². The molecule has 0 heterocycles. The van der Waals surface area contributed by atoms with E-state index in [-0.39, 0.29) is 11.9 Å². The lowest BCUT2D eigenvalue weighted by molar-refractivity contribution is -0.121. The monoisotopic (exact) mass is 233 g/mol. The molecule has 1 unspecified atom stereocenters. The lowest BCUT2D eigenvalue weighted by atomic mass is 10.1. The first-order valence-corrected chi connectivity index (χ1v) is 6.00. The van der Waals surface area contributed by atoms with Crippen molar-refractivity contribution in [2.45, 2.75) is 38.8 Å². The van der Waals surface area contributed by atoms with Crippen molar-refractivity contribution < 1.29 is 4.79 Å². The summed E-state index contributed by atoms with van der Waals surface area (Å²) in [4.78, 5) is 11.8. The Kier molecular flexibility index (Phi) is 3.22. The molecular weight excluding hydrogens is 214 g/mol. The van der Waals surface area contributed by atoms with Gasteiger partial charge in [0.05, 0.1) is 11.4 Å². The molecule has 0 aliphatic heterocycles. The average molecular weight is 233 g/mol. The third-order valence-electron chi connectivity index (χ3n) is 3.01. The summed E-state index contributed by atoms with van der Waals surface area (Å²) in [5, 5.41) is 6.11. The molecule has 4 heteroatoms. The van der Waals surface area contributed by atoms with Crippen molar-refractivity contribution in [1.82, 2.24) is 5.32 Å². The fourth-order valence-corrected chi connectivity index (χ4v) is 1.66. The predicted octanol–water partition coefficient (Wildman–Crippen LogP) is 1.66. The largest absolute Gasteiger partial charge is 0.397 e. The van der Waals surface area contributed by atoms with E-state index in [4.69, 9.17) is 5.73 Å². The van der Waals surface area contributed by atoms with Gasteiger partial charge < -0.3 is 16.4 Å². The number of carbonyl (C=O) groups excluding carboxylic acids is 1. The number of anilines is 2. The number of nitrogens with one attached hydrogen (secondary N) is 2. The number of para-hydroxylation sites is 1. The number of hydrogen-bond donors (Lipinski definition) is 3. The highest BCUT2D eigenvalue weighted by atomic mass is 16.2. The minimum Gasteiger partial charge on any atom is -0.397 e. The van der Waals surface area contributed by atoms with E-state index < -0.39 is 0 Å². The minimum absolute atomic E-state index is 0.0356. The van der Waals surface area contributed by atoms with Crippen molar-refractivity contribution in [2.75, 3.05) is 11.1 Å². The van der Waals surface area contributed by atoms with Crippen LogP contribution in [0.3, 0.4) is 0 Å². The Morgan fingerprint density at radius 1 is 1.47 bits per heavy atom. The Morgan fingerprint density at radius 3 is 2.82 bits per heavy atom. The number of nitrogens with two attached hydrogens (primary N) is 1. The Bertz CT molecular complexity index is 427. The summed E-state index contributed by atoms with van der Waals surface area (Å²) in [7, 11) is 0. The fraction of sp³-hybridized carbons (Fsp3) is 0.462. The van der Waals surface area contributed by atoms with Gasteiger partial charge in [0.1, 0.15) is 6.04 Å². The van der Waals surface area contributed by atoms with E-state index >= 15 is 0 Å². The van der Waals surface area contributed by atoms with Gasteiger partial charge in [-0.25, -0.2) is 0 Å². The molecule has 1 aromatic carbocycles. The number of nitrogen functional groups attached to an aromatic ring is 1. The van der Waals surface area contributed by atoms with Crippen LogP contribution >= 0.6 is 0 Å². The van der Waals surface area contributed by atoms with Crippen molar-refractivity contribution >= 4 is 17.3 Å². The van der Waals surface area contributed by atoms with Crippen LogP contribution < -0.4 is 16.4 Å². The van der Waals surface area contributed by atoms with Gasteiger partial charge in [-0.1, -0.05) is 12.1 Å². The van der Waals surface area contributed by atoms with E-state index in [1.54, 1.807) is 0 Å². The molecule has 0 radical (unpaired) electrons. The lowest BCUT2D eigenvalue weighted by Crippen LogP contribution is -2.38. The van der Waals surface area contributed by atoms with E-state index in [0.29, 0.717) is 11.7 Å². The summed E-state index contributed by atoms with van der Waals surface area (Å²) in [6.45, 7) is 3.80. The third-order valence-corrected chi connectivity index (χ3v) is 3.01. The standard InChI is InChI=1S/C13H19N3O/c1-8-4-3-5-11(12(8)14)15-9(2)13(17)16-10-6-7-10/h3-5,9-10,15H,6-7,14H2,1-2H3,(H,16,17). The average Bonchev–Trinajstić information content (AvgIpc) is 3.08. The van der Waals surface area contributed by atoms with Crippen LogP contribution in [0.5, 0.6) is 0 Å². The maximum atomic E-state index is 11.8. The molecule has 1 aromatic rings. The summed E-state index contributed by atoms with van der Waals surface area (Å²) in [5.41, 5.74) is 8.50. The molecule has 0 bridgehead atoms. The van der Waals surface area contributed by atoms with Crippen molar-refractivity contribution in [2.24, 2.45) is 0 Å². The van der Waals surface area contributed by atoms with Crippen molar-refractivity contribution in [3.8, 4) is 0 Å². The quantitative estimate of drug-likeness (QED) is 0.693. The summed E-state index contributed by atoms with van der Waals surface area (Å²) in [5.74, 6) is 0.0356. The molecule has 1 aliphatic carbocycles. The molecule has 0 saturated heterocycles. The van der Waals surface area contributed by atoms with Gasteiger partial charge in [0.15, 0.2) is 0 Å². The predicted molar refractivity (Wildman–Crippen MR) is 69.8 cm³/mol. The van der Waals surface area contributed by atoms with Gasteiger partial charge in [-0.2, -0.15) is 0 Å². The Balaban J connectivity index is 1.99. The topological polar surface area (TPSA) is 67.2 Å². The second kappa shape index (κ2) is 4.65. The Morgan fingerprint density at radius 2 is 2.18 bits per heavy atom. The van der Waals surface area contributed by atoms with Crippen LogP contribution in [0.1, 0.15) is 25.3 Å². The van der Waals surface area contributed by atoms with Crippen LogP contribution in [-0.2, 0) is 4.79 Å². The summed E-state index contributed by atoms with van der Waals surface area (Å²) in [6, 6.07) is 5.90. The van der Waals surface area contributed by atoms with E-state index in [9.17, 15) is 4.79 Å². The SMILES string of the molecule is Cc1cccc(NC(C)C(=O)NC2CC2)c1N. The van der Waals surface area contributed by atoms with Crippen molar-refractivity contribution in [3.63, 3.8) is 0 Å². The number of hydrogen-bond acceptors (Lipinski definition) is 3. The lowest BCUT2D eigenvalue weighted by Gasteiger charge is -2.17. The zero-order chi connectivity index (χ0) is 12.4. The fourth-order valence-electron chi connectivity index (χ4n) is 1.66. The van der Waals surface area contributed by atoms with Crippen LogP contribution in [-0.4, -0.2) is 18.0 Å². The highest BCUT2D eigenvalue weighted by molar-refractivity contribution is 5.86. The van der Waals surface area contributed by atoms with Gasteiger partial charge >= 0.3 is 0 Å². The van der Waals surface area contributed by atoms with Gasteiger partial charge in [0.25, 0.3) is 0 Å². The molecule has 4 nitrogen and oxygen atoms in total. The zero-order valence-corrected chi connectivity index (χ0v) is 10.3. The number of rotatable bonds is 4. The second-order valence-electron chi connectivity index (χ2n) is 4.69. The highest BCUT2D eigenvalue weighted by Gasteiger charge is 2.25. The zero-order valence-electron chi connectivity index (χ0n) is 10.3. The Labute approximate surface area is 102 Å². The van der Waals surface area contributed by atoms with Gasteiger partial charge in [-0.15, -0.1) is 0 Å². The number of carbonyl (C=O) groups is 1. The first-order valence-electron chi connectivity index (χ1n) is 6.00. The van der Waals surface area contributed by atoms with Gasteiger partial charge in [-0.3, -0.25) is 4.79 Å². The van der Waals surface area contributed by atoms with Crippen molar-refractivity contribution in [3.05, 3.63) is 23.8 Å². The summed E-state index contributed by atoms with van der Waals surface area (Å²) >= 11 is 0. The first kappa shape index (κ1) is 11.8. The molecule has 1 aliphatic rings. The molecule has 0 spiro atoms. The molecule has 1 amide bonds. The molecule has 1 atom stereocenters. The number of aryl methyl sites for hydroxylation is 1. The molecule has 92 valence electrons. The molecule has 1 fully saturated rings. The maximum absolute atomic E-state index is 11.8. The smallest absolute Gasteiger partial charge is 0.242 e. The van der Waals surface area contributed by atoms with Crippen LogP contribution in [0.15, 0.2) is 18.2 Å². The van der Waals surface area contributed by atoms with E-state index in [1.807, 2.05) is 32.0 Å². The van der Waals surface area contributed by atoms with Crippen molar-refractivity contribution in [1.29, 1.82) is 0 Å². The van der Waals surface area contributed by atoms with Gasteiger partial charge in [-0.05, 0) is 38.3 Å². The van der Waals surface area contributed by atoms with Gasteiger partial charge in [0, 0.05) is 6.04 Å². The van der Waals surface area contributed by atoms with Crippen LogP contribution in [0.25, 0.3) is 0 Å². The first-order chi connectivity index (χ1) is 8.08. The number of amides is 1. The minimum atomic E-state index is -0.264. The highest BCUT2D eigenvalue weighted by Crippen LogP contribution is 2.23. The number of benzene rings is 1. The van der Waals surface area contributed by atoms with Crippen LogP contribution in [0.2, 0.25) is 0 Å². The maximum Gasteiger partial charge on any atom is 0.242 e. The second-order valence-corrected chi connectivity index (χ2v) is 4.69. The molecular formula is C13H19N3O. The summed E-state index contributed by atoms with van der Waals surface area (Å²) in [6.07, 6.45) is 2.20. The normalized spacial score (nSPS) is 16.4. The third kappa shape index (κ3) is 2.90. The molecule has 17 heavy (non-hydrogen) atoms. The molecule has 1 saturated carbocycles. The van der Waals surface area contributed by atoms with Crippen LogP contribution in [0.4, 0.5) is 11.4 Å². The summed E-state index contributed by atoms with van der Waals surface area (Å²) < 4.78 is 0. The molecule has 0 aromatic heterocycles. The molecule has 2 rings (SSSR count). The Hall–Kier alpha value is -1.71. The molecule has 4 N–H and O–H groups in total.